The van der Waals surface area contributed by atoms with Gasteiger partial charge in [0.1, 0.15) is 0 Å². The lowest BCUT2D eigenvalue weighted by molar-refractivity contribution is 0.174. The number of hydrogen-bond acceptors (Lipinski definition) is 2. The first kappa shape index (κ1) is 13.9. The SMILES string of the molecule is C=CC[C@H](c1ccc(Cl)cc1Cl)N1CCNCC1. The summed E-state index contributed by atoms with van der Waals surface area (Å²) < 4.78 is 0. The normalized spacial score (nSPS) is 18.6. The second-order valence-electron chi connectivity index (χ2n) is 4.49. The molecule has 2 nitrogen and oxygen atoms in total. The molecule has 0 saturated carbocycles. The predicted octanol–water partition coefficient (Wildman–Crippen LogP) is 3.52. The molecule has 1 fully saturated rings. The smallest absolute Gasteiger partial charge is 0.0468 e. The molecule has 0 aromatic heterocycles. The molecule has 1 aliphatic heterocycles. The minimum atomic E-state index is 0.300. The number of halogens is 2. The molecule has 1 N–H and O–H groups in total. The summed E-state index contributed by atoms with van der Waals surface area (Å²) in [4.78, 5) is 2.45. The van der Waals surface area contributed by atoms with E-state index in [9.17, 15) is 0 Å². The number of nitrogens with zero attached hydrogens (tertiary/aromatic N) is 1. The molecule has 18 heavy (non-hydrogen) atoms. The Labute approximate surface area is 119 Å². The lowest BCUT2D eigenvalue weighted by Gasteiger charge is -2.35. The summed E-state index contributed by atoms with van der Waals surface area (Å²) in [6.07, 6.45) is 2.86. The first-order chi connectivity index (χ1) is 8.72. The fourth-order valence-corrected chi connectivity index (χ4v) is 2.93. The average molecular weight is 285 g/mol. The van der Waals surface area contributed by atoms with Gasteiger partial charge in [-0.15, -0.1) is 6.58 Å². The third-order valence-electron chi connectivity index (χ3n) is 3.30. The van der Waals surface area contributed by atoms with Gasteiger partial charge in [0.05, 0.1) is 0 Å². The van der Waals surface area contributed by atoms with Crippen molar-refractivity contribution in [3.63, 3.8) is 0 Å². The maximum absolute atomic E-state index is 6.32. The fourth-order valence-electron chi connectivity index (χ4n) is 2.40. The highest BCUT2D eigenvalue weighted by atomic mass is 35.5. The summed E-state index contributed by atoms with van der Waals surface area (Å²) in [7, 11) is 0. The summed E-state index contributed by atoms with van der Waals surface area (Å²) in [5.74, 6) is 0. The van der Waals surface area contributed by atoms with Crippen LogP contribution < -0.4 is 5.32 Å². The van der Waals surface area contributed by atoms with E-state index in [0.29, 0.717) is 11.1 Å². The van der Waals surface area contributed by atoms with E-state index in [1.54, 1.807) is 0 Å². The van der Waals surface area contributed by atoms with Crippen LogP contribution in [0.1, 0.15) is 18.0 Å². The molecule has 1 atom stereocenters. The Balaban J connectivity index is 2.24. The van der Waals surface area contributed by atoms with Gasteiger partial charge in [0.15, 0.2) is 0 Å². The van der Waals surface area contributed by atoms with E-state index in [1.165, 1.54) is 0 Å². The summed E-state index contributed by atoms with van der Waals surface area (Å²) >= 11 is 12.3. The third-order valence-corrected chi connectivity index (χ3v) is 3.87. The molecule has 4 heteroatoms. The quantitative estimate of drug-likeness (QED) is 0.852. The number of benzene rings is 1. The van der Waals surface area contributed by atoms with E-state index < -0.39 is 0 Å². The topological polar surface area (TPSA) is 15.3 Å². The molecule has 1 aliphatic rings. The minimum absolute atomic E-state index is 0.300. The van der Waals surface area contributed by atoms with Crippen molar-refractivity contribution < 1.29 is 0 Å². The van der Waals surface area contributed by atoms with Gasteiger partial charge < -0.3 is 5.32 Å². The van der Waals surface area contributed by atoms with Crippen molar-refractivity contribution in [1.29, 1.82) is 0 Å². The Hall–Kier alpha value is -0.540. The zero-order valence-electron chi connectivity index (χ0n) is 10.3. The van der Waals surface area contributed by atoms with E-state index in [4.69, 9.17) is 23.2 Å². The van der Waals surface area contributed by atoms with E-state index in [2.05, 4.69) is 16.8 Å². The molecule has 1 heterocycles. The van der Waals surface area contributed by atoms with Crippen molar-refractivity contribution in [3.05, 3.63) is 46.5 Å². The Morgan fingerprint density at radius 3 is 2.67 bits per heavy atom. The lowest BCUT2D eigenvalue weighted by Crippen LogP contribution is -2.45. The van der Waals surface area contributed by atoms with Crippen LogP contribution in [-0.4, -0.2) is 31.1 Å². The minimum Gasteiger partial charge on any atom is -0.314 e. The van der Waals surface area contributed by atoms with E-state index >= 15 is 0 Å². The summed E-state index contributed by atoms with van der Waals surface area (Å²) in [5.41, 5.74) is 1.14. The second kappa shape index (κ2) is 6.58. The Bertz CT molecular complexity index is 414. The fraction of sp³-hybridized carbons (Fsp3) is 0.429. The third kappa shape index (κ3) is 3.27. The van der Waals surface area contributed by atoms with Crippen LogP contribution in [0.5, 0.6) is 0 Å². The van der Waals surface area contributed by atoms with Gasteiger partial charge in [-0.1, -0.05) is 35.3 Å². The molecule has 0 spiro atoms. The van der Waals surface area contributed by atoms with E-state index in [0.717, 1.165) is 43.2 Å². The maximum Gasteiger partial charge on any atom is 0.0468 e. The highest BCUT2D eigenvalue weighted by molar-refractivity contribution is 6.35. The number of piperazine rings is 1. The van der Waals surface area contributed by atoms with Crippen molar-refractivity contribution in [2.75, 3.05) is 26.2 Å². The van der Waals surface area contributed by atoms with Crippen LogP contribution in [0.2, 0.25) is 10.0 Å². The molecule has 2 rings (SSSR count). The van der Waals surface area contributed by atoms with Crippen molar-refractivity contribution in [2.45, 2.75) is 12.5 Å². The molecular weight excluding hydrogens is 267 g/mol. The highest BCUT2D eigenvalue weighted by Crippen LogP contribution is 2.32. The molecule has 0 bridgehead atoms. The molecule has 98 valence electrons. The van der Waals surface area contributed by atoms with Crippen LogP contribution in [0.4, 0.5) is 0 Å². The van der Waals surface area contributed by atoms with Crippen LogP contribution in [0.3, 0.4) is 0 Å². The Morgan fingerprint density at radius 2 is 2.06 bits per heavy atom. The van der Waals surface area contributed by atoms with Crippen molar-refractivity contribution in [2.24, 2.45) is 0 Å². The van der Waals surface area contributed by atoms with Gasteiger partial charge in [-0.05, 0) is 24.1 Å². The van der Waals surface area contributed by atoms with Crippen molar-refractivity contribution >= 4 is 23.2 Å². The van der Waals surface area contributed by atoms with E-state index in [-0.39, 0.29) is 0 Å². The highest BCUT2D eigenvalue weighted by Gasteiger charge is 2.22. The van der Waals surface area contributed by atoms with E-state index in [1.807, 2.05) is 24.3 Å². The largest absolute Gasteiger partial charge is 0.314 e. The van der Waals surface area contributed by atoms with Crippen LogP contribution in [0, 0.1) is 0 Å². The Morgan fingerprint density at radius 1 is 1.33 bits per heavy atom. The Kier molecular flexibility index (Phi) is 5.07. The van der Waals surface area contributed by atoms with Crippen LogP contribution in [0.25, 0.3) is 0 Å². The van der Waals surface area contributed by atoms with Gasteiger partial charge >= 0.3 is 0 Å². The van der Waals surface area contributed by atoms with Crippen LogP contribution in [-0.2, 0) is 0 Å². The molecule has 0 aliphatic carbocycles. The van der Waals surface area contributed by atoms with Crippen LogP contribution >= 0.6 is 23.2 Å². The molecular formula is C14H18Cl2N2. The number of hydrogen-bond donors (Lipinski definition) is 1. The number of rotatable bonds is 4. The first-order valence-corrected chi connectivity index (χ1v) is 6.98. The first-order valence-electron chi connectivity index (χ1n) is 6.23. The summed E-state index contributed by atoms with van der Waals surface area (Å²) in [6, 6.07) is 6.05. The molecule has 0 amide bonds. The monoisotopic (exact) mass is 284 g/mol. The van der Waals surface area contributed by atoms with Gasteiger partial charge in [-0.3, -0.25) is 4.90 Å². The van der Waals surface area contributed by atoms with Crippen molar-refractivity contribution in [1.82, 2.24) is 10.2 Å². The standard InChI is InChI=1S/C14H18Cl2N2/c1-2-3-14(18-8-6-17-7-9-18)12-5-4-11(15)10-13(12)16/h2,4-5,10,14,17H,1,3,6-9H2/t14-/m1/s1. The van der Waals surface area contributed by atoms with Crippen LogP contribution in [0.15, 0.2) is 30.9 Å². The summed E-state index contributed by atoms with van der Waals surface area (Å²) in [5, 5.41) is 4.79. The van der Waals surface area contributed by atoms with Gasteiger partial charge in [0.25, 0.3) is 0 Å². The zero-order valence-corrected chi connectivity index (χ0v) is 11.8. The molecule has 0 unspecified atom stereocenters. The summed E-state index contributed by atoms with van der Waals surface area (Å²) in [6.45, 7) is 7.99. The molecule has 0 radical (unpaired) electrons. The lowest BCUT2D eigenvalue weighted by atomic mass is 10.0. The van der Waals surface area contributed by atoms with Gasteiger partial charge in [0.2, 0.25) is 0 Å². The maximum atomic E-state index is 6.32. The number of nitrogens with one attached hydrogen (secondary N) is 1. The van der Waals surface area contributed by atoms with Gasteiger partial charge in [-0.25, -0.2) is 0 Å². The predicted molar refractivity (Wildman–Crippen MR) is 78.5 cm³/mol. The van der Waals surface area contributed by atoms with Crippen molar-refractivity contribution in [3.8, 4) is 0 Å². The molecule has 1 aromatic carbocycles. The average Bonchev–Trinajstić information content (AvgIpc) is 2.38. The zero-order chi connectivity index (χ0) is 13.0. The molecule has 1 saturated heterocycles. The van der Waals surface area contributed by atoms with Gasteiger partial charge in [-0.2, -0.15) is 0 Å². The second-order valence-corrected chi connectivity index (χ2v) is 5.34. The molecule has 1 aromatic rings. The van der Waals surface area contributed by atoms with Gasteiger partial charge in [0, 0.05) is 42.3 Å².